The smallest absolute Gasteiger partial charge is 0.126 e. The molecule has 0 amide bonds. The van der Waals surface area contributed by atoms with Gasteiger partial charge in [0.1, 0.15) is 5.82 Å². The number of nitrogens with one attached hydrogen (secondary N) is 1. The van der Waals surface area contributed by atoms with Crippen LogP contribution in [0.5, 0.6) is 0 Å². The number of aryl methyl sites for hydroxylation is 1. The Kier molecular flexibility index (Phi) is 3.62. The molecular formula is C15H17FN2S. The molecular weight excluding hydrogens is 259 g/mol. The van der Waals surface area contributed by atoms with Crippen LogP contribution in [0.3, 0.4) is 0 Å². The van der Waals surface area contributed by atoms with Gasteiger partial charge in [-0.3, -0.25) is 0 Å². The number of aromatic nitrogens is 1. The lowest BCUT2D eigenvalue weighted by Gasteiger charge is -2.36. The first-order valence-electron chi connectivity index (χ1n) is 6.61. The van der Waals surface area contributed by atoms with Gasteiger partial charge in [0.25, 0.3) is 0 Å². The van der Waals surface area contributed by atoms with Gasteiger partial charge in [0.2, 0.25) is 0 Å². The van der Waals surface area contributed by atoms with Crippen LogP contribution in [0, 0.1) is 12.7 Å². The summed E-state index contributed by atoms with van der Waals surface area (Å²) in [6, 6.07) is 7.61. The molecule has 0 bridgehead atoms. The molecule has 0 aliphatic heterocycles. The molecule has 1 aromatic carbocycles. The summed E-state index contributed by atoms with van der Waals surface area (Å²) >= 11 is 1.68. The number of nitrogens with zero attached hydrogens (tertiary/aromatic N) is 1. The predicted octanol–water partition coefficient (Wildman–Crippen LogP) is 3.63. The van der Waals surface area contributed by atoms with E-state index in [-0.39, 0.29) is 5.82 Å². The lowest BCUT2D eigenvalue weighted by molar-refractivity contribution is 0.283. The van der Waals surface area contributed by atoms with Crippen LogP contribution < -0.4 is 5.32 Å². The zero-order valence-corrected chi connectivity index (χ0v) is 11.7. The van der Waals surface area contributed by atoms with E-state index in [2.05, 4.69) is 15.7 Å². The molecule has 1 aromatic heterocycles. The van der Waals surface area contributed by atoms with Crippen molar-refractivity contribution in [2.75, 3.05) is 0 Å². The molecule has 0 atom stereocenters. The molecule has 1 heterocycles. The van der Waals surface area contributed by atoms with Crippen molar-refractivity contribution in [1.29, 1.82) is 0 Å². The molecule has 1 saturated carbocycles. The van der Waals surface area contributed by atoms with Crippen LogP contribution in [0.1, 0.15) is 35.0 Å². The SMILES string of the molecule is Cc1nc(CNC2CC(c3ccccc3F)C2)cs1. The number of hydrogen-bond acceptors (Lipinski definition) is 3. The Morgan fingerprint density at radius 1 is 1.37 bits per heavy atom. The molecule has 4 heteroatoms. The van der Waals surface area contributed by atoms with Crippen molar-refractivity contribution in [2.24, 2.45) is 0 Å². The van der Waals surface area contributed by atoms with E-state index < -0.39 is 0 Å². The summed E-state index contributed by atoms with van der Waals surface area (Å²) in [5.74, 6) is 0.303. The third-order valence-corrected chi connectivity index (χ3v) is 4.54. The van der Waals surface area contributed by atoms with Crippen LogP contribution in [0.4, 0.5) is 4.39 Å². The summed E-state index contributed by atoms with van der Waals surface area (Å²) in [6.07, 6.45) is 2.04. The highest BCUT2D eigenvalue weighted by atomic mass is 32.1. The van der Waals surface area contributed by atoms with Gasteiger partial charge in [-0.1, -0.05) is 18.2 Å². The molecule has 19 heavy (non-hydrogen) atoms. The van der Waals surface area contributed by atoms with Gasteiger partial charge in [-0.2, -0.15) is 0 Å². The van der Waals surface area contributed by atoms with Crippen molar-refractivity contribution in [2.45, 2.75) is 38.3 Å². The molecule has 2 nitrogen and oxygen atoms in total. The van der Waals surface area contributed by atoms with E-state index in [1.54, 1.807) is 23.5 Å². The van der Waals surface area contributed by atoms with Gasteiger partial charge in [-0.15, -0.1) is 11.3 Å². The van der Waals surface area contributed by atoms with Crippen LogP contribution in [-0.4, -0.2) is 11.0 Å². The normalized spacial score (nSPS) is 22.2. The van der Waals surface area contributed by atoms with Crippen LogP contribution in [0.2, 0.25) is 0 Å². The molecule has 1 aliphatic carbocycles. The highest BCUT2D eigenvalue weighted by Crippen LogP contribution is 2.38. The summed E-state index contributed by atoms with van der Waals surface area (Å²) in [7, 11) is 0. The molecule has 0 unspecified atom stereocenters. The van der Waals surface area contributed by atoms with E-state index >= 15 is 0 Å². The Hall–Kier alpha value is -1.26. The number of benzene rings is 1. The average Bonchev–Trinajstić information content (AvgIpc) is 2.75. The summed E-state index contributed by atoms with van der Waals surface area (Å²) in [5, 5.41) is 6.69. The molecule has 0 radical (unpaired) electrons. The molecule has 3 rings (SSSR count). The van der Waals surface area contributed by atoms with Crippen LogP contribution >= 0.6 is 11.3 Å². The molecule has 100 valence electrons. The second-order valence-corrected chi connectivity index (χ2v) is 6.19. The predicted molar refractivity (Wildman–Crippen MR) is 75.9 cm³/mol. The van der Waals surface area contributed by atoms with Gasteiger partial charge in [0, 0.05) is 18.0 Å². The van der Waals surface area contributed by atoms with Crippen LogP contribution in [0.25, 0.3) is 0 Å². The Labute approximate surface area is 116 Å². The molecule has 0 saturated heterocycles. The first-order valence-corrected chi connectivity index (χ1v) is 7.49. The van der Waals surface area contributed by atoms with Crippen molar-refractivity contribution in [1.82, 2.24) is 10.3 Å². The standard InChI is InChI=1S/C15H17FN2S/c1-10-18-13(9-19-10)8-17-12-6-11(7-12)14-4-2-3-5-15(14)16/h2-5,9,11-12,17H,6-8H2,1H3. The topological polar surface area (TPSA) is 24.9 Å². The Morgan fingerprint density at radius 2 is 2.16 bits per heavy atom. The fraction of sp³-hybridized carbons (Fsp3) is 0.400. The number of thiazole rings is 1. The fourth-order valence-corrected chi connectivity index (χ4v) is 3.20. The average molecular weight is 276 g/mol. The molecule has 0 spiro atoms. The Morgan fingerprint density at radius 3 is 2.84 bits per heavy atom. The van der Waals surface area contributed by atoms with E-state index in [4.69, 9.17) is 0 Å². The maximum Gasteiger partial charge on any atom is 0.126 e. The fourth-order valence-electron chi connectivity index (χ4n) is 2.58. The van der Waals surface area contributed by atoms with Crippen molar-refractivity contribution >= 4 is 11.3 Å². The third-order valence-electron chi connectivity index (χ3n) is 3.72. The summed E-state index contributed by atoms with van der Waals surface area (Å²) < 4.78 is 13.6. The van der Waals surface area contributed by atoms with Gasteiger partial charge >= 0.3 is 0 Å². The zero-order valence-electron chi connectivity index (χ0n) is 10.9. The highest BCUT2D eigenvalue weighted by Gasteiger charge is 2.31. The minimum atomic E-state index is -0.0684. The summed E-state index contributed by atoms with van der Waals surface area (Å²) in [4.78, 5) is 4.43. The number of rotatable bonds is 4. The van der Waals surface area contributed by atoms with Crippen molar-refractivity contribution in [3.05, 3.63) is 51.7 Å². The molecule has 2 aromatic rings. The van der Waals surface area contributed by atoms with E-state index in [1.807, 2.05) is 19.1 Å². The lowest BCUT2D eigenvalue weighted by atomic mass is 9.75. The van der Waals surface area contributed by atoms with Crippen molar-refractivity contribution < 1.29 is 4.39 Å². The van der Waals surface area contributed by atoms with E-state index in [0.29, 0.717) is 12.0 Å². The van der Waals surface area contributed by atoms with Gasteiger partial charge < -0.3 is 5.32 Å². The minimum absolute atomic E-state index is 0.0684. The van der Waals surface area contributed by atoms with E-state index in [1.165, 1.54) is 0 Å². The second-order valence-electron chi connectivity index (χ2n) is 5.13. The quantitative estimate of drug-likeness (QED) is 0.922. The molecule has 1 fully saturated rings. The zero-order chi connectivity index (χ0) is 13.2. The van der Waals surface area contributed by atoms with Crippen molar-refractivity contribution in [3.63, 3.8) is 0 Å². The van der Waals surface area contributed by atoms with Gasteiger partial charge in [-0.25, -0.2) is 9.37 Å². The molecule has 1 N–H and O–H groups in total. The minimum Gasteiger partial charge on any atom is -0.308 e. The maximum atomic E-state index is 13.6. The van der Waals surface area contributed by atoms with Gasteiger partial charge in [0.15, 0.2) is 0 Å². The number of hydrogen-bond donors (Lipinski definition) is 1. The van der Waals surface area contributed by atoms with Gasteiger partial charge in [0.05, 0.1) is 10.7 Å². The lowest BCUT2D eigenvalue weighted by Crippen LogP contribution is -2.39. The third kappa shape index (κ3) is 2.85. The summed E-state index contributed by atoms with van der Waals surface area (Å²) in [6.45, 7) is 2.84. The van der Waals surface area contributed by atoms with Gasteiger partial charge in [-0.05, 0) is 37.3 Å². The molecule has 1 aliphatic rings. The second kappa shape index (κ2) is 5.39. The summed E-state index contributed by atoms with van der Waals surface area (Å²) in [5.41, 5.74) is 1.97. The highest BCUT2D eigenvalue weighted by molar-refractivity contribution is 7.09. The van der Waals surface area contributed by atoms with E-state index in [9.17, 15) is 4.39 Å². The maximum absolute atomic E-state index is 13.6. The first-order chi connectivity index (χ1) is 9.22. The largest absolute Gasteiger partial charge is 0.308 e. The first kappa shape index (κ1) is 12.8. The monoisotopic (exact) mass is 276 g/mol. The van der Waals surface area contributed by atoms with Crippen LogP contribution in [-0.2, 0) is 6.54 Å². The Bertz CT molecular complexity index is 561. The van der Waals surface area contributed by atoms with E-state index in [0.717, 1.165) is 35.7 Å². The van der Waals surface area contributed by atoms with Crippen molar-refractivity contribution in [3.8, 4) is 0 Å². The Balaban J connectivity index is 1.49. The number of halogens is 1. The van der Waals surface area contributed by atoms with Crippen LogP contribution in [0.15, 0.2) is 29.6 Å².